The SMILES string of the molecule is Cl.O=C(CC1CCNCC1)Nc1ccc(SC2CCCC2)cc1. The molecule has 1 heterocycles. The van der Waals surface area contributed by atoms with E-state index in [0.29, 0.717) is 12.3 Å². The lowest BCUT2D eigenvalue weighted by Crippen LogP contribution is -2.30. The second-order valence-corrected chi connectivity index (χ2v) is 7.87. The van der Waals surface area contributed by atoms with Gasteiger partial charge in [0.2, 0.25) is 5.91 Å². The first-order valence-corrected chi connectivity index (χ1v) is 9.45. The molecule has 3 nitrogen and oxygen atoms in total. The molecule has 5 heteroatoms. The summed E-state index contributed by atoms with van der Waals surface area (Å²) < 4.78 is 0. The van der Waals surface area contributed by atoms with Crippen LogP contribution in [-0.4, -0.2) is 24.2 Å². The Kier molecular flexibility index (Phi) is 7.74. The first kappa shape index (κ1) is 18.6. The third-order valence-electron chi connectivity index (χ3n) is 4.68. The Hall–Kier alpha value is -0.710. The molecule has 0 bridgehead atoms. The Morgan fingerprint density at radius 1 is 1.09 bits per heavy atom. The van der Waals surface area contributed by atoms with Crippen LogP contribution in [0.25, 0.3) is 0 Å². The van der Waals surface area contributed by atoms with E-state index in [9.17, 15) is 4.79 Å². The molecule has 2 fully saturated rings. The predicted molar refractivity (Wildman–Crippen MR) is 101 cm³/mol. The largest absolute Gasteiger partial charge is 0.326 e. The van der Waals surface area contributed by atoms with E-state index in [-0.39, 0.29) is 18.3 Å². The average molecular weight is 355 g/mol. The van der Waals surface area contributed by atoms with Crippen molar-refractivity contribution in [3.63, 3.8) is 0 Å². The Bertz CT molecular complexity index is 482. The van der Waals surface area contributed by atoms with Gasteiger partial charge in [-0.3, -0.25) is 4.79 Å². The Morgan fingerprint density at radius 2 is 1.74 bits per heavy atom. The van der Waals surface area contributed by atoms with Gasteiger partial charge in [0.05, 0.1) is 0 Å². The Labute approximate surface area is 149 Å². The molecule has 128 valence electrons. The summed E-state index contributed by atoms with van der Waals surface area (Å²) in [5.74, 6) is 0.696. The molecule has 3 rings (SSSR count). The fraction of sp³-hybridized carbons (Fsp3) is 0.611. The Balaban J connectivity index is 0.00000192. The number of benzene rings is 1. The van der Waals surface area contributed by atoms with Crippen molar-refractivity contribution in [3.05, 3.63) is 24.3 Å². The molecule has 1 saturated carbocycles. The summed E-state index contributed by atoms with van der Waals surface area (Å²) in [5, 5.41) is 7.17. The first-order chi connectivity index (χ1) is 10.8. The highest BCUT2D eigenvalue weighted by Crippen LogP contribution is 2.35. The van der Waals surface area contributed by atoms with Gasteiger partial charge in [-0.25, -0.2) is 0 Å². The summed E-state index contributed by atoms with van der Waals surface area (Å²) in [7, 11) is 0. The van der Waals surface area contributed by atoms with Gasteiger partial charge in [-0.05, 0) is 69.0 Å². The number of rotatable bonds is 5. The normalized spacial score (nSPS) is 19.3. The number of piperidine rings is 1. The summed E-state index contributed by atoms with van der Waals surface area (Å²) in [6.07, 6.45) is 8.33. The number of amides is 1. The molecule has 0 unspecified atom stereocenters. The third-order valence-corrected chi connectivity index (χ3v) is 6.02. The molecule has 1 aromatic carbocycles. The topological polar surface area (TPSA) is 41.1 Å². The molecule has 1 saturated heterocycles. The molecule has 0 atom stereocenters. The van der Waals surface area contributed by atoms with Gasteiger partial charge >= 0.3 is 0 Å². The molecule has 0 aromatic heterocycles. The van der Waals surface area contributed by atoms with E-state index >= 15 is 0 Å². The van der Waals surface area contributed by atoms with Gasteiger partial charge in [-0.2, -0.15) is 0 Å². The highest BCUT2D eigenvalue weighted by atomic mass is 35.5. The molecular weight excluding hydrogens is 328 g/mol. The first-order valence-electron chi connectivity index (χ1n) is 8.57. The number of halogens is 1. The van der Waals surface area contributed by atoms with E-state index in [1.807, 2.05) is 23.9 Å². The van der Waals surface area contributed by atoms with E-state index < -0.39 is 0 Å². The standard InChI is InChI=1S/C18H26N2OS.ClH/c21-18(13-14-9-11-19-12-10-14)20-15-5-7-17(8-6-15)22-16-3-1-2-4-16;/h5-8,14,16,19H,1-4,9-13H2,(H,20,21);1H. The summed E-state index contributed by atoms with van der Waals surface area (Å²) in [6, 6.07) is 8.36. The number of carbonyl (C=O) groups excluding carboxylic acids is 1. The predicted octanol–water partition coefficient (Wildman–Crippen LogP) is 4.47. The summed E-state index contributed by atoms with van der Waals surface area (Å²) in [4.78, 5) is 13.4. The van der Waals surface area contributed by atoms with Gasteiger partial charge < -0.3 is 10.6 Å². The lowest BCUT2D eigenvalue weighted by atomic mass is 9.94. The molecule has 1 aliphatic carbocycles. The zero-order valence-corrected chi connectivity index (χ0v) is 15.2. The van der Waals surface area contributed by atoms with E-state index in [0.717, 1.165) is 36.9 Å². The lowest BCUT2D eigenvalue weighted by molar-refractivity contribution is -0.117. The fourth-order valence-electron chi connectivity index (χ4n) is 3.38. The van der Waals surface area contributed by atoms with Crippen LogP contribution < -0.4 is 10.6 Å². The van der Waals surface area contributed by atoms with Crippen molar-refractivity contribution < 1.29 is 4.79 Å². The summed E-state index contributed by atoms with van der Waals surface area (Å²) in [5.41, 5.74) is 0.926. The molecule has 0 radical (unpaired) electrons. The van der Waals surface area contributed by atoms with Crippen LogP contribution in [0.2, 0.25) is 0 Å². The van der Waals surface area contributed by atoms with E-state index in [1.54, 1.807) is 0 Å². The summed E-state index contributed by atoms with van der Waals surface area (Å²) >= 11 is 1.99. The second-order valence-electron chi connectivity index (χ2n) is 6.49. The van der Waals surface area contributed by atoms with Crippen LogP contribution in [0, 0.1) is 5.92 Å². The van der Waals surface area contributed by atoms with Crippen LogP contribution in [0.1, 0.15) is 44.9 Å². The number of hydrogen-bond donors (Lipinski definition) is 2. The maximum atomic E-state index is 12.1. The molecule has 2 N–H and O–H groups in total. The highest BCUT2D eigenvalue weighted by molar-refractivity contribution is 8.00. The maximum absolute atomic E-state index is 12.1. The number of anilines is 1. The van der Waals surface area contributed by atoms with E-state index in [1.165, 1.54) is 30.6 Å². The highest BCUT2D eigenvalue weighted by Gasteiger charge is 2.17. The lowest BCUT2D eigenvalue weighted by Gasteiger charge is -2.21. The minimum Gasteiger partial charge on any atom is -0.326 e. The number of carbonyl (C=O) groups is 1. The molecule has 1 aromatic rings. The Morgan fingerprint density at radius 3 is 2.39 bits per heavy atom. The summed E-state index contributed by atoms with van der Waals surface area (Å²) in [6.45, 7) is 2.09. The maximum Gasteiger partial charge on any atom is 0.224 e. The van der Waals surface area contributed by atoms with Crippen molar-refractivity contribution in [2.24, 2.45) is 5.92 Å². The van der Waals surface area contributed by atoms with Crippen LogP contribution in [0.5, 0.6) is 0 Å². The minimum atomic E-state index is 0. The second kappa shape index (κ2) is 9.55. The monoisotopic (exact) mass is 354 g/mol. The molecule has 0 spiro atoms. The molecule has 1 aliphatic heterocycles. The van der Waals surface area contributed by atoms with Gasteiger partial charge in [0.1, 0.15) is 0 Å². The van der Waals surface area contributed by atoms with Crippen molar-refractivity contribution >= 4 is 35.8 Å². The fourth-order valence-corrected chi connectivity index (χ4v) is 4.62. The van der Waals surface area contributed by atoms with E-state index in [4.69, 9.17) is 0 Å². The zero-order valence-electron chi connectivity index (χ0n) is 13.6. The van der Waals surface area contributed by atoms with Crippen molar-refractivity contribution in [1.29, 1.82) is 0 Å². The number of thioether (sulfide) groups is 1. The molecule has 2 aliphatic rings. The van der Waals surface area contributed by atoms with Gasteiger partial charge in [0.15, 0.2) is 0 Å². The van der Waals surface area contributed by atoms with E-state index in [2.05, 4.69) is 22.8 Å². The third kappa shape index (κ3) is 6.02. The van der Waals surface area contributed by atoms with Crippen LogP contribution >= 0.6 is 24.2 Å². The van der Waals surface area contributed by atoms with Crippen molar-refractivity contribution in [1.82, 2.24) is 5.32 Å². The van der Waals surface area contributed by atoms with Gasteiger partial charge in [0, 0.05) is 22.3 Å². The zero-order chi connectivity index (χ0) is 15.2. The van der Waals surface area contributed by atoms with Crippen molar-refractivity contribution in [3.8, 4) is 0 Å². The molecule has 23 heavy (non-hydrogen) atoms. The average Bonchev–Trinajstić information content (AvgIpc) is 3.03. The number of hydrogen-bond acceptors (Lipinski definition) is 3. The van der Waals surface area contributed by atoms with Crippen LogP contribution in [0.15, 0.2) is 29.2 Å². The van der Waals surface area contributed by atoms with Crippen LogP contribution in [-0.2, 0) is 4.79 Å². The quantitative estimate of drug-likeness (QED) is 0.819. The van der Waals surface area contributed by atoms with Gasteiger partial charge in [-0.1, -0.05) is 12.8 Å². The van der Waals surface area contributed by atoms with Crippen molar-refractivity contribution in [2.45, 2.75) is 55.1 Å². The van der Waals surface area contributed by atoms with Crippen molar-refractivity contribution in [2.75, 3.05) is 18.4 Å². The molecule has 1 amide bonds. The van der Waals surface area contributed by atoms with Gasteiger partial charge in [0.25, 0.3) is 0 Å². The molecular formula is C18H27ClN2OS. The van der Waals surface area contributed by atoms with Crippen LogP contribution in [0.3, 0.4) is 0 Å². The number of nitrogens with one attached hydrogen (secondary N) is 2. The van der Waals surface area contributed by atoms with Crippen LogP contribution in [0.4, 0.5) is 5.69 Å². The minimum absolute atomic E-state index is 0. The smallest absolute Gasteiger partial charge is 0.224 e. The van der Waals surface area contributed by atoms with Gasteiger partial charge in [-0.15, -0.1) is 24.2 Å².